The number of carbonyl (C=O) groups is 2. The second-order valence-electron chi connectivity index (χ2n) is 10.8. The van der Waals surface area contributed by atoms with E-state index in [0.717, 1.165) is 46.4 Å². The highest BCUT2D eigenvalue weighted by molar-refractivity contribution is 6.10. The Kier molecular flexibility index (Phi) is 7.21. The minimum absolute atomic E-state index is 0.128. The number of hydrogen-bond donors (Lipinski definition) is 3. The molecule has 1 aromatic heterocycles. The second-order valence-corrected chi connectivity index (χ2v) is 10.8. The van der Waals surface area contributed by atoms with Gasteiger partial charge in [-0.25, -0.2) is 4.79 Å². The summed E-state index contributed by atoms with van der Waals surface area (Å²) >= 11 is 0. The minimum Gasteiger partial charge on any atom is -0.475 e. The molecule has 0 bridgehead atoms. The summed E-state index contributed by atoms with van der Waals surface area (Å²) in [4.78, 5) is 24.0. The first kappa shape index (κ1) is 28.1. The van der Waals surface area contributed by atoms with Crippen LogP contribution in [0.4, 0.5) is 18.9 Å². The van der Waals surface area contributed by atoms with E-state index in [2.05, 4.69) is 108 Å². The van der Waals surface area contributed by atoms with Gasteiger partial charge in [-0.2, -0.15) is 18.3 Å². The first-order valence-electron chi connectivity index (χ1n) is 13.0. The summed E-state index contributed by atoms with van der Waals surface area (Å²) in [5.41, 5.74) is 8.43. The molecule has 2 aliphatic rings. The zero-order valence-electron chi connectivity index (χ0n) is 22.7. The quantitative estimate of drug-likeness (QED) is 0.273. The Morgan fingerprint density at radius 1 is 1.10 bits per heavy atom. The van der Waals surface area contributed by atoms with Crippen molar-refractivity contribution < 1.29 is 27.9 Å². The highest BCUT2D eigenvalue weighted by Gasteiger charge is 2.65. The highest BCUT2D eigenvalue weighted by atomic mass is 19.4. The molecular formula is C31H29F3N4O3. The molecule has 2 heterocycles. The van der Waals surface area contributed by atoms with Gasteiger partial charge in [-0.3, -0.25) is 9.89 Å². The first-order chi connectivity index (χ1) is 19.4. The molecule has 41 heavy (non-hydrogen) atoms. The average Bonchev–Trinajstić information content (AvgIpc) is 3.45. The molecule has 0 unspecified atom stereocenters. The van der Waals surface area contributed by atoms with Crippen molar-refractivity contribution in [3.8, 4) is 0 Å². The van der Waals surface area contributed by atoms with E-state index in [9.17, 15) is 18.0 Å². The zero-order chi connectivity index (χ0) is 29.5. The number of H-pyrrole nitrogens is 1. The Morgan fingerprint density at radius 2 is 1.80 bits per heavy atom. The summed E-state index contributed by atoms with van der Waals surface area (Å²) in [6, 6.07) is 21.3. The lowest BCUT2D eigenvalue weighted by Crippen LogP contribution is -2.21. The maximum atomic E-state index is 12.9. The van der Waals surface area contributed by atoms with Crippen LogP contribution in [0.5, 0.6) is 0 Å². The summed E-state index contributed by atoms with van der Waals surface area (Å²) in [6.45, 7) is 3.02. The number of aliphatic carboxylic acids is 1. The second kappa shape index (κ2) is 10.5. The molecule has 10 heteroatoms. The standard InChI is InChI=1S/C29H28N4O.C2HF3O2/c1-18-4-12-26-23(14-18)29(28(34)30-26)16-24(29)21-10-11-22-25(31-32-27(22)15-21)13-9-19-5-7-20(8-6-19)17-33(2)3;3-2(4,5)1(6)7/h4-15,24H,16-17H2,1-3H3,(H,30,34)(H,31,32);(H,6,7)/b13-9+;/t24-,29-;/m0./s1. The Balaban J connectivity index is 0.000000431. The summed E-state index contributed by atoms with van der Waals surface area (Å²) in [7, 11) is 4.15. The van der Waals surface area contributed by atoms with Crippen LogP contribution in [-0.4, -0.2) is 52.4 Å². The van der Waals surface area contributed by atoms with Crippen LogP contribution in [0.1, 0.15) is 45.8 Å². The van der Waals surface area contributed by atoms with E-state index in [-0.39, 0.29) is 11.8 Å². The molecule has 4 aromatic rings. The third kappa shape index (κ3) is 5.60. The maximum Gasteiger partial charge on any atom is 0.490 e. The summed E-state index contributed by atoms with van der Waals surface area (Å²) in [5.74, 6) is -2.43. The fourth-order valence-corrected chi connectivity index (χ4v) is 5.38. The van der Waals surface area contributed by atoms with Crippen LogP contribution < -0.4 is 5.32 Å². The molecule has 212 valence electrons. The number of carboxylic acids is 1. The molecule has 1 saturated carbocycles. The van der Waals surface area contributed by atoms with Gasteiger partial charge in [0.2, 0.25) is 5.91 Å². The number of carbonyl (C=O) groups excluding carboxylic acids is 1. The van der Waals surface area contributed by atoms with E-state index in [1.165, 1.54) is 16.7 Å². The van der Waals surface area contributed by atoms with Crippen LogP contribution >= 0.6 is 0 Å². The van der Waals surface area contributed by atoms with Gasteiger partial charge in [-0.05, 0) is 67.9 Å². The maximum absolute atomic E-state index is 12.9. The fraction of sp³-hybridized carbons (Fsp3) is 0.258. The van der Waals surface area contributed by atoms with E-state index in [1.807, 2.05) is 6.07 Å². The third-order valence-electron chi connectivity index (χ3n) is 7.44. The van der Waals surface area contributed by atoms with Crippen LogP contribution in [0.2, 0.25) is 0 Å². The monoisotopic (exact) mass is 562 g/mol. The normalized spacial score (nSPS) is 19.4. The summed E-state index contributed by atoms with van der Waals surface area (Å²) in [6.07, 6.45) is -0.0754. The molecule has 6 rings (SSSR count). The van der Waals surface area contributed by atoms with E-state index in [1.54, 1.807) is 0 Å². The van der Waals surface area contributed by atoms with Gasteiger partial charge in [0.25, 0.3) is 0 Å². The van der Waals surface area contributed by atoms with E-state index in [4.69, 9.17) is 9.90 Å². The van der Waals surface area contributed by atoms with E-state index >= 15 is 0 Å². The van der Waals surface area contributed by atoms with Gasteiger partial charge in [0.05, 0.1) is 16.6 Å². The summed E-state index contributed by atoms with van der Waals surface area (Å²) < 4.78 is 31.7. The number of alkyl halides is 3. The molecule has 1 spiro atoms. The first-order valence-corrected chi connectivity index (χ1v) is 13.0. The van der Waals surface area contributed by atoms with Crippen LogP contribution in [-0.2, 0) is 21.5 Å². The molecule has 3 N–H and O–H groups in total. The fourth-order valence-electron chi connectivity index (χ4n) is 5.38. The largest absolute Gasteiger partial charge is 0.490 e. The number of halogens is 3. The molecule has 2 atom stereocenters. The predicted molar refractivity (Wildman–Crippen MR) is 151 cm³/mol. The Hall–Kier alpha value is -4.44. The van der Waals surface area contributed by atoms with Crippen molar-refractivity contribution in [1.29, 1.82) is 0 Å². The van der Waals surface area contributed by atoms with Crippen molar-refractivity contribution >= 4 is 40.6 Å². The van der Waals surface area contributed by atoms with Crippen LogP contribution in [0.25, 0.3) is 23.1 Å². The number of aromatic amines is 1. The molecule has 1 aliphatic heterocycles. The lowest BCUT2D eigenvalue weighted by molar-refractivity contribution is -0.192. The number of hydrogen-bond acceptors (Lipinski definition) is 4. The van der Waals surface area contributed by atoms with Gasteiger partial charge in [0, 0.05) is 23.5 Å². The summed E-state index contributed by atoms with van der Waals surface area (Å²) in [5, 5.41) is 19.0. The molecule has 1 aliphatic carbocycles. The van der Waals surface area contributed by atoms with Gasteiger partial charge < -0.3 is 15.3 Å². The lowest BCUT2D eigenvalue weighted by atomic mass is 9.91. The smallest absolute Gasteiger partial charge is 0.475 e. The van der Waals surface area contributed by atoms with Gasteiger partial charge in [0.1, 0.15) is 0 Å². The molecule has 3 aromatic carbocycles. The van der Waals surface area contributed by atoms with Crippen molar-refractivity contribution in [2.24, 2.45) is 0 Å². The molecule has 1 amide bonds. The third-order valence-corrected chi connectivity index (χ3v) is 7.44. The predicted octanol–water partition coefficient (Wildman–Crippen LogP) is 6.11. The number of amides is 1. The number of nitrogens with one attached hydrogen (secondary N) is 2. The number of aryl methyl sites for hydroxylation is 1. The van der Waals surface area contributed by atoms with Gasteiger partial charge >= 0.3 is 12.1 Å². The number of nitrogens with zero attached hydrogens (tertiary/aromatic N) is 2. The van der Waals surface area contributed by atoms with Crippen molar-refractivity contribution in [1.82, 2.24) is 15.1 Å². The number of rotatable bonds is 5. The van der Waals surface area contributed by atoms with Gasteiger partial charge in [-0.15, -0.1) is 0 Å². The van der Waals surface area contributed by atoms with Gasteiger partial charge in [0.15, 0.2) is 0 Å². The van der Waals surface area contributed by atoms with Crippen LogP contribution in [0.15, 0.2) is 60.7 Å². The zero-order valence-corrected chi connectivity index (χ0v) is 22.7. The SMILES string of the molecule is Cc1ccc2c(c1)[C@]1(C[C@H]1c1ccc3c(/C=C/c4ccc(CN(C)C)cc4)n[nH]c3c1)C(=O)N2.O=C(O)C(F)(F)F. The number of anilines is 1. The van der Waals surface area contributed by atoms with Crippen LogP contribution in [0, 0.1) is 6.92 Å². The Labute approximate surface area is 234 Å². The van der Waals surface area contributed by atoms with E-state index < -0.39 is 17.6 Å². The lowest BCUT2D eigenvalue weighted by Gasteiger charge is -2.09. The van der Waals surface area contributed by atoms with Crippen molar-refractivity contribution in [3.63, 3.8) is 0 Å². The number of fused-ring (bicyclic) bond motifs is 3. The van der Waals surface area contributed by atoms with Gasteiger partial charge in [-0.1, -0.05) is 60.2 Å². The molecule has 1 fully saturated rings. The molecule has 0 radical (unpaired) electrons. The van der Waals surface area contributed by atoms with Crippen molar-refractivity contribution in [3.05, 3.63) is 94.2 Å². The Morgan fingerprint density at radius 3 is 2.46 bits per heavy atom. The number of carboxylic acid groups (broad SMARTS) is 1. The minimum atomic E-state index is -5.08. The van der Waals surface area contributed by atoms with E-state index in [0.29, 0.717) is 0 Å². The number of aromatic nitrogens is 2. The van der Waals surface area contributed by atoms with Crippen molar-refractivity contribution in [2.75, 3.05) is 19.4 Å². The Bertz CT molecular complexity index is 1660. The van der Waals surface area contributed by atoms with Crippen molar-refractivity contribution in [2.45, 2.75) is 37.4 Å². The van der Waals surface area contributed by atoms with Crippen LogP contribution in [0.3, 0.4) is 0 Å². The average molecular weight is 563 g/mol. The topological polar surface area (TPSA) is 98.3 Å². The highest BCUT2D eigenvalue weighted by Crippen LogP contribution is 2.65. The number of benzene rings is 3. The molecule has 7 nitrogen and oxygen atoms in total. The molecule has 0 saturated heterocycles. The molecular weight excluding hydrogens is 533 g/mol.